The molecule has 176 valence electrons. The van der Waals surface area contributed by atoms with E-state index in [0.29, 0.717) is 0 Å². The van der Waals surface area contributed by atoms with Crippen LogP contribution in [0.15, 0.2) is 12.4 Å². The minimum absolute atomic E-state index is 1.22. The molecule has 0 bridgehead atoms. The maximum atomic E-state index is 2.58. The van der Waals surface area contributed by atoms with Gasteiger partial charge in [0.15, 0.2) is 0 Å². The summed E-state index contributed by atoms with van der Waals surface area (Å²) in [6.07, 6.45) is 32.6. The summed E-state index contributed by atoms with van der Waals surface area (Å²) >= 11 is 0. The highest BCUT2D eigenvalue weighted by Crippen LogP contribution is 2.13. The van der Waals surface area contributed by atoms with Crippen molar-refractivity contribution in [3.8, 4) is 0 Å². The number of hydrogen-bond acceptors (Lipinski definition) is 0. The van der Waals surface area contributed by atoms with Gasteiger partial charge in [-0.3, -0.25) is 0 Å². The van der Waals surface area contributed by atoms with Gasteiger partial charge in [0.05, 0.1) is 13.1 Å². The van der Waals surface area contributed by atoms with E-state index in [2.05, 4.69) is 42.3 Å². The van der Waals surface area contributed by atoms with Crippen LogP contribution in [0.4, 0.5) is 0 Å². The van der Waals surface area contributed by atoms with Gasteiger partial charge in [-0.2, -0.15) is 0 Å². The highest BCUT2D eigenvalue weighted by atomic mass is 15.1. The summed E-state index contributed by atoms with van der Waals surface area (Å²) < 4.78 is 5.15. The van der Waals surface area contributed by atoms with Crippen LogP contribution in [0.5, 0.6) is 0 Å². The van der Waals surface area contributed by atoms with E-state index >= 15 is 0 Å². The second-order valence-electron chi connectivity index (χ2n) is 9.51. The Bertz CT molecular complexity index is 477. The number of rotatable bonds is 22. The smallest absolute Gasteiger partial charge is 0.234 e. The van der Waals surface area contributed by atoms with Crippen molar-refractivity contribution in [3.05, 3.63) is 18.2 Å². The Morgan fingerprint density at radius 1 is 0.567 bits per heavy atom. The van der Waals surface area contributed by atoms with E-state index in [0.717, 1.165) is 0 Å². The van der Waals surface area contributed by atoms with Crippen LogP contribution < -0.4 is 4.57 Å². The Morgan fingerprint density at radius 2 is 1.03 bits per heavy atom. The van der Waals surface area contributed by atoms with Gasteiger partial charge in [0.1, 0.15) is 12.4 Å². The molecule has 0 aromatic carbocycles. The van der Waals surface area contributed by atoms with Gasteiger partial charge >= 0.3 is 0 Å². The van der Waals surface area contributed by atoms with E-state index < -0.39 is 0 Å². The van der Waals surface area contributed by atoms with Gasteiger partial charge in [-0.15, -0.1) is 0 Å². The van der Waals surface area contributed by atoms with Crippen LogP contribution in [0.2, 0.25) is 0 Å². The molecule has 2 nitrogen and oxygen atoms in total. The Kier molecular flexibility index (Phi) is 18.3. The number of imidazole rings is 1. The molecule has 0 amide bonds. The molecule has 0 fully saturated rings. The zero-order chi connectivity index (χ0) is 21.7. The molecule has 0 radical (unpaired) electrons. The molecule has 30 heavy (non-hydrogen) atoms. The molecule has 1 heterocycles. The van der Waals surface area contributed by atoms with Crippen molar-refractivity contribution < 1.29 is 4.57 Å². The summed E-state index contributed by atoms with van der Waals surface area (Å²) in [4.78, 5) is 0. The summed E-state index contributed by atoms with van der Waals surface area (Å²) in [5.41, 5.74) is 0. The monoisotopic (exact) mass is 419 g/mol. The maximum absolute atomic E-state index is 2.58. The Labute approximate surface area is 189 Å². The first kappa shape index (κ1) is 27.2. The van der Waals surface area contributed by atoms with E-state index in [1.54, 1.807) is 5.82 Å². The van der Waals surface area contributed by atoms with Crippen molar-refractivity contribution in [3.63, 3.8) is 0 Å². The molecule has 1 aromatic rings. The molecule has 0 atom stereocenters. The Morgan fingerprint density at radius 3 is 1.60 bits per heavy atom. The standard InChI is InChI=1S/C28H55N2/c1-4-7-10-12-13-14-15-16-17-19-22-25-30-27-26-29(24-21-18-11-8-5-2)28(30)23-20-9-6-3/h26-27H,4-25H2,1-3H3/q+1. The average Bonchev–Trinajstić information content (AvgIpc) is 3.13. The quantitative estimate of drug-likeness (QED) is 0.131. The van der Waals surface area contributed by atoms with Crippen LogP contribution >= 0.6 is 0 Å². The fourth-order valence-corrected chi connectivity index (χ4v) is 4.56. The largest absolute Gasteiger partial charge is 0.256 e. The lowest BCUT2D eigenvalue weighted by Crippen LogP contribution is -2.37. The normalized spacial score (nSPS) is 11.4. The molecule has 0 saturated heterocycles. The number of unbranched alkanes of at least 4 members (excludes halogenated alkanes) is 16. The number of aryl methyl sites for hydroxylation is 2. The average molecular weight is 420 g/mol. The second-order valence-corrected chi connectivity index (χ2v) is 9.51. The van der Waals surface area contributed by atoms with E-state index in [4.69, 9.17) is 0 Å². The summed E-state index contributed by atoms with van der Waals surface area (Å²) in [6.45, 7) is 9.36. The summed E-state index contributed by atoms with van der Waals surface area (Å²) in [6, 6.07) is 0. The first-order valence-electron chi connectivity index (χ1n) is 13.9. The highest BCUT2D eigenvalue weighted by molar-refractivity contribution is 4.84. The van der Waals surface area contributed by atoms with Gasteiger partial charge in [0.25, 0.3) is 5.82 Å². The lowest BCUT2D eigenvalue weighted by molar-refractivity contribution is -0.704. The van der Waals surface area contributed by atoms with Crippen LogP contribution in [-0.4, -0.2) is 4.57 Å². The number of aromatic nitrogens is 2. The Balaban J connectivity index is 2.25. The fraction of sp³-hybridized carbons (Fsp3) is 0.893. The molecular formula is C28H55N2+. The zero-order valence-electron chi connectivity index (χ0n) is 21.1. The molecule has 0 N–H and O–H groups in total. The zero-order valence-corrected chi connectivity index (χ0v) is 21.1. The topological polar surface area (TPSA) is 8.81 Å². The maximum Gasteiger partial charge on any atom is 0.256 e. The van der Waals surface area contributed by atoms with E-state index in [1.807, 2.05) is 0 Å². The van der Waals surface area contributed by atoms with Crippen LogP contribution in [-0.2, 0) is 19.5 Å². The van der Waals surface area contributed by atoms with Crippen molar-refractivity contribution in [2.45, 2.75) is 162 Å². The molecule has 1 aromatic heterocycles. The fourth-order valence-electron chi connectivity index (χ4n) is 4.56. The molecule has 0 unspecified atom stereocenters. The third kappa shape index (κ3) is 13.5. The van der Waals surface area contributed by atoms with Gasteiger partial charge in [-0.1, -0.05) is 111 Å². The summed E-state index contributed by atoms with van der Waals surface area (Å²) in [7, 11) is 0. The molecular weight excluding hydrogens is 364 g/mol. The predicted octanol–water partition coefficient (Wildman–Crippen LogP) is 8.79. The minimum atomic E-state index is 1.22. The van der Waals surface area contributed by atoms with Gasteiger partial charge in [-0.25, -0.2) is 9.13 Å². The van der Waals surface area contributed by atoms with Crippen molar-refractivity contribution in [1.82, 2.24) is 4.57 Å². The number of nitrogens with zero attached hydrogens (tertiary/aromatic N) is 2. The molecule has 0 aliphatic heterocycles. The van der Waals surface area contributed by atoms with E-state index in [-0.39, 0.29) is 0 Å². The van der Waals surface area contributed by atoms with Crippen molar-refractivity contribution in [2.24, 2.45) is 0 Å². The van der Waals surface area contributed by atoms with Crippen LogP contribution in [0.3, 0.4) is 0 Å². The summed E-state index contributed by atoms with van der Waals surface area (Å²) in [5, 5.41) is 0. The predicted molar refractivity (Wildman–Crippen MR) is 133 cm³/mol. The minimum Gasteiger partial charge on any atom is -0.234 e. The summed E-state index contributed by atoms with van der Waals surface area (Å²) in [5.74, 6) is 1.59. The molecule has 0 spiro atoms. The van der Waals surface area contributed by atoms with Crippen LogP contribution in [0.1, 0.15) is 149 Å². The third-order valence-corrected chi connectivity index (χ3v) is 6.60. The molecule has 1 rings (SSSR count). The molecule has 0 saturated carbocycles. The van der Waals surface area contributed by atoms with Crippen LogP contribution in [0.25, 0.3) is 0 Å². The molecule has 0 aliphatic carbocycles. The Hall–Kier alpha value is -0.790. The lowest BCUT2D eigenvalue weighted by atomic mass is 10.1. The van der Waals surface area contributed by atoms with Gasteiger partial charge in [-0.05, 0) is 32.1 Å². The lowest BCUT2D eigenvalue weighted by Gasteiger charge is -2.06. The van der Waals surface area contributed by atoms with Gasteiger partial charge < -0.3 is 0 Å². The first-order valence-corrected chi connectivity index (χ1v) is 13.9. The van der Waals surface area contributed by atoms with E-state index in [9.17, 15) is 0 Å². The van der Waals surface area contributed by atoms with Gasteiger partial charge in [0, 0.05) is 6.42 Å². The highest BCUT2D eigenvalue weighted by Gasteiger charge is 2.16. The third-order valence-electron chi connectivity index (χ3n) is 6.60. The first-order chi connectivity index (χ1) is 14.8. The van der Waals surface area contributed by atoms with Crippen molar-refractivity contribution in [2.75, 3.05) is 0 Å². The SMILES string of the molecule is CCCCCCCCCCCCCn1cc[n+](CCCCCCC)c1CCCCC. The van der Waals surface area contributed by atoms with E-state index in [1.165, 1.54) is 142 Å². The second kappa shape index (κ2) is 20.1. The molecule has 2 heteroatoms. The van der Waals surface area contributed by atoms with Crippen molar-refractivity contribution >= 4 is 0 Å². The van der Waals surface area contributed by atoms with Gasteiger partial charge in [0.2, 0.25) is 0 Å². The molecule has 0 aliphatic rings. The number of hydrogen-bond donors (Lipinski definition) is 0. The van der Waals surface area contributed by atoms with Crippen LogP contribution in [0, 0.1) is 0 Å². The van der Waals surface area contributed by atoms with Crippen molar-refractivity contribution in [1.29, 1.82) is 0 Å².